The van der Waals surface area contributed by atoms with Gasteiger partial charge >= 0.3 is 0 Å². The Morgan fingerprint density at radius 3 is 3.00 bits per heavy atom. The smallest absolute Gasteiger partial charge is 0.231 e. The minimum Gasteiger partial charge on any atom is -0.454 e. The van der Waals surface area contributed by atoms with E-state index in [1.807, 2.05) is 25.1 Å². The normalized spacial score (nSPS) is 12.2. The van der Waals surface area contributed by atoms with E-state index in [0.717, 1.165) is 43.2 Å². The van der Waals surface area contributed by atoms with Gasteiger partial charge in [-0.15, -0.1) is 0 Å². The van der Waals surface area contributed by atoms with Gasteiger partial charge in [0.2, 0.25) is 6.79 Å². The molecule has 1 heterocycles. The Kier molecular flexibility index (Phi) is 5.88. The van der Waals surface area contributed by atoms with Gasteiger partial charge in [0.15, 0.2) is 16.6 Å². The van der Waals surface area contributed by atoms with E-state index in [1.165, 1.54) is 0 Å². The lowest BCUT2D eigenvalue weighted by molar-refractivity contribution is 0.145. The van der Waals surface area contributed by atoms with Gasteiger partial charge in [0, 0.05) is 26.3 Å². The third kappa shape index (κ3) is 4.54. The van der Waals surface area contributed by atoms with Crippen LogP contribution in [0.5, 0.6) is 11.5 Å². The maximum absolute atomic E-state index is 5.34. The summed E-state index contributed by atoms with van der Waals surface area (Å²) < 4.78 is 15.9. The highest BCUT2D eigenvalue weighted by Crippen LogP contribution is 2.32. The molecule has 0 bridgehead atoms. The Balaban J connectivity index is 1.66. The molecule has 6 heteroatoms. The lowest BCUT2D eigenvalue weighted by Crippen LogP contribution is -2.35. The highest BCUT2D eigenvalue weighted by Gasteiger charge is 2.12. The average molecular weight is 296 g/mol. The van der Waals surface area contributed by atoms with Crippen molar-refractivity contribution in [2.75, 3.05) is 26.6 Å². The number of thiocarbonyl (C=S) groups is 1. The zero-order valence-corrected chi connectivity index (χ0v) is 12.4. The second-order valence-corrected chi connectivity index (χ2v) is 4.76. The highest BCUT2D eigenvalue weighted by atomic mass is 32.1. The zero-order valence-electron chi connectivity index (χ0n) is 11.6. The Morgan fingerprint density at radius 2 is 2.15 bits per heavy atom. The predicted octanol–water partition coefficient (Wildman–Crippen LogP) is 1.81. The Morgan fingerprint density at radius 1 is 1.30 bits per heavy atom. The maximum atomic E-state index is 5.34. The second-order valence-electron chi connectivity index (χ2n) is 4.35. The van der Waals surface area contributed by atoms with Crippen molar-refractivity contribution in [1.82, 2.24) is 10.6 Å². The van der Waals surface area contributed by atoms with Gasteiger partial charge in [0.25, 0.3) is 0 Å². The van der Waals surface area contributed by atoms with Gasteiger partial charge in [-0.2, -0.15) is 0 Å². The van der Waals surface area contributed by atoms with E-state index in [4.69, 9.17) is 26.4 Å². The molecule has 2 rings (SSSR count). The summed E-state index contributed by atoms with van der Waals surface area (Å²) in [6.45, 7) is 5.28. The van der Waals surface area contributed by atoms with Crippen molar-refractivity contribution in [3.8, 4) is 11.5 Å². The number of fused-ring (bicyclic) bond motifs is 1. The summed E-state index contributed by atoms with van der Waals surface area (Å²) in [6, 6.07) is 5.88. The molecule has 1 aliphatic heterocycles. The van der Waals surface area contributed by atoms with Crippen LogP contribution in [0.3, 0.4) is 0 Å². The van der Waals surface area contributed by atoms with Crippen LogP contribution in [-0.2, 0) is 11.3 Å². The van der Waals surface area contributed by atoms with Gasteiger partial charge in [-0.05, 0) is 43.3 Å². The van der Waals surface area contributed by atoms with E-state index in [0.29, 0.717) is 18.5 Å². The molecule has 1 aliphatic rings. The highest BCUT2D eigenvalue weighted by molar-refractivity contribution is 7.80. The standard InChI is InChI=1S/C14H20N2O3S/c1-2-17-7-3-6-15-14(20)16-9-11-4-5-12-13(8-11)19-10-18-12/h4-5,8H,2-3,6-7,9-10H2,1H3,(H2,15,16,20). The van der Waals surface area contributed by atoms with E-state index in [2.05, 4.69) is 10.6 Å². The first-order chi connectivity index (χ1) is 9.79. The fourth-order valence-corrected chi connectivity index (χ4v) is 1.99. The largest absolute Gasteiger partial charge is 0.454 e. The van der Waals surface area contributed by atoms with E-state index < -0.39 is 0 Å². The molecule has 0 radical (unpaired) electrons. The van der Waals surface area contributed by atoms with Crippen LogP contribution in [0, 0.1) is 0 Å². The molecule has 5 nitrogen and oxygen atoms in total. The van der Waals surface area contributed by atoms with Gasteiger partial charge in [-0.3, -0.25) is 0 Å². The van der Waals surface area contributed by atoms with E-state index >= 15 is 0 Å². The molecule has 110 valence electrons. The van der Waals surface area contributed by atoms with Crippen LogP contribution >= 0.6 is 12.2 Å². The summed E-state index contributed by atoms with van der Waals surface area (Å²) in [4.78, 5) is 0. The molecule has 1 aromatic carbocycles. The summed E-state index contributed by atoms with van der Waals surface area (Å²) in [5.74, 6) is 1.59. The van der Waals surface area contributed by atoms with Crippen molar-refractivity contribution in [2.24, 2.45) is 0 Å². The molecule has 1 aromatic rings. The van der Waals surface area contributed by atoms with Gasteiger partial charge in [0.05, 0.1) is 0 Å². The fourth-order valence-electron chi connectivity index (χ4n) is 1.82. The van der Waals surface area contributed by atoms with E-state index in [9.17, 15) is 0 Å². The molecule has 0 aromatic heterocycles. The molecule has 0 amide bonds. The van der Waals surface area contributed by atoms with Crippen molar-refractivity contribution in [3.05, 3.63) is 23.8 Å². The van der Waals surface area contributed by atoms with Gasteiger partial charge in [-0.25, -0.2) is 0 Å². The summed E-state index contributed by atoms with van der Waals surface area (Å²) >= 11 is 5.21. The van der Waals surface area contributed by atoms with Crippen LogP contribution in [0.25, 0.3) is 0 Å². The van der Waals surface area contributed by atoms with Crippen LogP contribution in [0.2, 0.25) is 0 Å². The molecule has 0 unspecified atom stereocenters. The summed E-state index contributed by atoms with van der Waals surface area (Å²) in [6.07, 6.45) is 0.944. The van der Waals surface area contributed by atoms with Crippen molar-refractivity contribution < 1.29 is 14.2 Å². The number of benzene rings is 1. The fraction of sp³-hybridized carbons (Fsp3) is 0.500. The monoisotopic (exact) mass is 296 g/mol. The number of nitrogens with one attached hydrogen (secondary N) is 2. The summed E-state index contributed by atoms with van der Waals surface area (Å²) in [5.41, 5.74) is 1.10. The second kappa shape index (κ2) is 7.91. The van der Waals surface area contributed by atoms with Crippen LogP contribution in [-0.4, -0.2) is 31.7 Å². The topological polar surface area (TPSA) is 51.8 Å². The van der Waals surface area contributed by atoms with Crippen molar-refractivity contribution in [3.63, 3.8) is 0 Å². The molecule has 0 aliphatic carbocycles. The molecule has 0 atom stereocenters. The quantitative estimate of drug-likeness (QED) is 0.591. The molecule has 0 saturated heterocycles. The third-order valence-corrected chi connectivity index (χ3v) is 3.13. The first-order valence-electron chi connectivity index (χ1n) is 6.77. The molecular weight excluding hydrogens is 276 g/mol. The minimum absolute atomic E-state index is 0.298. The number of hydrogen-bond donors (Lipinski definition) is 2. The zero-order chi connectivity index (χ0) is 14.2. The number of ether oxygens (including phenoxy) is 3. The Labute approximate surface area is 124 Å². The first-order valence-corrected chi connectivity index (χ1v) is 7.18. The lowest BCUT2D eigenvalue weighted by Gasteiger charge is -2.10. The van der Waals surface area contributed by atoms with E-state index in [-0.39, 0.29) is 0 Å². The molecular formula is C14H20N2O3S. The van der Waals surface area contributed by atoms with Gasteiger partial charge in [-0.1, -0.05) is 6.07 Å². The van der Waals surface area contributed by atoms with Crippen molar-refractivity contribution >= 4 is 17.3 Å². The van der Waals surface area contributed by atoms with Crippen LogP contribution in [0.15, 0.2) is 18.2 Å². The van der Waals surface area contributed by atoms with Crippen LogP contribution < -0.4 is 20.1 Å². The Hall–Kier alpha value is -1.53. The molecule has 0 fully saturated rings. The lowest BCUT2D eigenvalue weighted by atomic mass is 10.2. The van der Waals surface area contributed by atoms with Gasteiger partial charge < -0.3 is 24.8 Å². The Bertz CT molecular complexity index is 454. The molecule has 2 N–H and O–H groups in total. The summed E-state index contributed by atoms with van der Waals surface area (Å²) in [5, 5.41) is 6.96. The third-order valence-electron chi connectivity index (χ3n) is 2.85. The minimum atomic E-state index is 0.298. The molecule has 0 saturated carbocycles. The van der Waals surface area contributed by atoms with Crippen LogP contribution in [0.4, 0.5) is 0 Å². The molecule has 20 heavy (non-hydrogen) atoms. The SMILES string of the molecule is CCOCCCNC(=S)NCc1ccc2c(c1)OCO2. The maximum Gasteiger partial charge on any atom is 0.231 e. The number of rotatable bonds is 7. The van der Waals surface area contributed by atoms with E-state index in [1.54, 1.807) is 0 Å². The van der Waals surface area contributed by atoms with Crippen LogP contribution in [0.1, 0.15) is 18.9 Å². The molecule has 0 spiro atoms. The average Bonchev–Trinajstić information content (AvgIpc) is 2.92. The number of hydrogen-bond acceptors (Lipinski definition) is 4. The van der Waals surface area contributed by atoms with Crippen molar-refractivity contribution in [1.29, 1.82) is 0 Å². The van der Waals surface area contributed by atoms with Gasteiger partial charge in [0.1, 0.15) is 0 Å². The summed E-state index contributed by atoms with van der Waals surface area (Å²) in [7, 11) is 0. The first kappa shape index (κ1) is 14.9. The predicted molar refractivity (Wildman–Crippen MR) is 81.1 cm³/mol. The van der Waals surface area contributed by atoms with Crippen molar-refractivity contribution in [2.45, 2.75) is 19.9 Å².